The van der Waals surface area contributed by atoms with Crippen LogP contribution in [-0.2, 0) is 14.8 Å². The minimum Gasteiger partial charge on any atom is -0.325 e. The lowest BCUT2D eigenvalue weighted by molar-refractivity contribution is -0.115. The molecule has 0 saturated carbocycles. The number of amides is 1. The van der Waals surface area contributed by atoms with E-state index in [1.807, 2.05) is 17.5 Å². The van der Waals surface area contributed by atoms with E-state index in [4.69, 9.17) is 5.14 Å². The van der Waals surface area contributed by atoms with Gasteiger partial charge in [-0.2, -0.15) is 0 Å². The quantitative estimate of drug-likeness (QED) is 0.817. The van der Waals surface area contributed by atoms with Crippen molar-refractivity contribution in [2.75, 3.05) is 5.32 Å². The average molecular weight is 342 g/mol. The second kappa shape index (κ2) is 6.61. The molecule has 0 aliphatic carbocycles. The number of carbonyl (C=O) groups excluding carboxylic acids is 1. The van der Waals surface area contributed by atoms with Crippen molar-refractivity contribution >= 4 is 44.7 Å². The summed E-state index contributed by atoms with van der Waals surface area (Å²) in [6, 6.07) is 9.75. The zero-order chi connectivity index (χ0) is 15.5. The van der Waals surface area contributed by atoms with Gasteiger partial charge in [-0.25, -0.2) is 13.6 Å². The molecule has 112 valence electrons. The number of benzene rings is 1. The summed E-state index contributed by atoms with van der Waals surface area (Å²) in [5.74, 6) is -0.194. The van der Waals surface area contributed by atoms with Crippen LogP contribution in [0.2, 0.25) is 0 Å². The Kier molecular flexibility index (Phi) is 5.04. The number of nitrogens with one attached hydrogen (secondary N) is 1. The highest BCUT2D eigenvalue weighted by Crippen LogP contribution is 2.28. The van der Waals surface area contributed by atoms with Crippen molar-refractivity contribution in [1.29, 1.82) is 0 Å². The molecule has 0 unspecified atom stereocenters. The van der Waals surface area contributed by atoms with Crippen molar-refractivity contribution in [2.45, 2.75) is 21.3 Å². The second-order valence-corrected chi connectivity index (χ2v) is 8.40. The normalized spacial score (nSPS) is 12.9. The topological polar surface area (TPSA) is 89.3 Å². The molecule has 1 atom stereocenters. The third kappa shape index (κ3) is 4.57. The number of primary sulfonamides is 1. The Balaban J connectivity index is 2.05. The molecule has 2 rings (SSSR count). The van der Waals surface area contributed by atoms with Crippen LogP contribution in [0.25, 0.3) is 0 Å². The number of thiophene rings is 1. The predicted octanol–water partition coefficient (Wildman–Crippen LogP) is 2.51. The number of rotatable bonds is 5. The van der Waals surface area contributed by atoms with Gasteiger partial charge in [-0.3, -0.25) is 4.79 Å². The summed E-state index contributed by atoms with van der Waals surface area (Å²) in [4.78, 5) is 12.1. The number of carbonyl (C=O) groups is 1. The molecule has 3 N–H and O–H groups in total. The van der Waals surface area contributed by atoms with Gasteiger partial charge in [0.25, 0.3) is 0 Å². The molecule has 1 aromatic carbocycles. The van der Waals surface area contributed by atoms with Gasteiger partial charge < -0.3 is 5.32 Å². The van der Waals surface area contributed by atoms with E-state index in [1.54, 1.807) is 24.3 Å². The van der Waals surface area contributed by atoms with E-state index in [0.29, 0.717) is 5.69 Å². The molecular weight excluding hydrogens is 328 g/mol. The van der Waals surface area contributed by atoms with Crippen LogP contribution in [0.4, 0.5) is 5.69 Å². The van der Waals surface area contributed by atoms with Crippen LogP contribution in [0.1, 0.15) is 6.92 Å². The lowest BCUT2D eigenvalue weighted by Gasteiger charge is -2.11. The van der Waals surface area contributed by atoms with E-state index in [0.717, 1.165) is 4.21 Å². The molecule has 8 heteroatoms. The number of sulfonamides is 1. The fourth-order valence-corrected chi connectivity index (χ4v) is 4.05. The fraction of sp³-hybridized carbons (Fsp3) is 0.154. The average Bonchev–Trinajstić information content (AvgIpc) is 2.91. The van der Waals surface area contributed by atoms with Crippen molar-refractivity contribution in [3.63, 3.8) is 0 Å². The van der Waals surface area contributed by atoms with Crippen LogP contribution < -0.4 is 10.5 Å². The lowest BCUT2D eigenvalue weighted by atomic mass is 10.3. The van der Waals surface area contributed by atoms with E-state index < -0.39 is 10.0 Å². The van der Waals surface area contributed by atoms with Crippen LogP contribution in [0.3, 0.4) is 0 Å². The maximum absolute atomic E-state index is 12.1. The third-order valence-electron chi connectivity index (χ3n) is 2.59. The Morgan fingerprint density at radius 1 is 1.33 bits per heavy atom. The molecule has 0 spiro atoms. The predicted molar refractivity (Wildman–Crippen MR) is 86.1 cm³/mol. The zero-order valence-electron chi connectivity index (χ0n) is 11.1. The Hall–Kier alpha value is -1.35. The van der Waals surface area contributed by atoms with Crippen LogP contribution in [0.15, 0.2) is 50.9 Å². The molecule has 0 fully saturated rings. The maximum Gasteiger partial charge on any atom is 0.238 e. The van der Waals surface area contributed by atoms with E-state index >= 15 is 0 Å². The molecule has 0 saturated heterocycles. The molecule has 2 aromatic rings. The summed E-state index contributed by atoms with van der Waals surface area (Å²) in [5, 5.41) is 9.41. The maximum atomic E-state index is 12.1. The van der Waals surface area contributed by atoms with E-state index in [9.17, 15) is 13.2 Å². The summed E-state index contributed by atoms with van der Waals surface area (Å²) >= 11 is 3.02. The number of hydrogen-bond acceptors (Lipinski definition) is 5. The third-order valence-corrected chi connectivity index (χ3v) is 5.67. The first kappa shape index (κ1) is 16.0. The number of nitrogens with two attached hydrogens (primary N) is 1. The Morgan fingerprint density at radius 3 is 2.71 bits per heavy atom. The summed E-state index contributed by atoms with van der Waals surface area (Å²) in [5.41, 5.74) is 0.408. The van der Waals surface area contributed by atoms with E-state index in [1.165, 1.54) is 30.0 Å². The molecule has 0 radical (unpaired) electrons. The van der Waals surface area contributed by atoms with Gasteiger partial charge >= 0.3 is 0 Å². The largest absolute Gasteiger partial charge is 0.325 e. The van der Waals surface area contributed by atoms with Crippen LogP contribution >= 0.6 is 23.1 Å². The van der Waals surface area contributed by atoms with Gasteiger partial charge in [0.1, 0.15) is 0 Å². The van der Waals surface area contributed by atoms with Crippen molar-refractivity contribution in [3.05, 3.63) is 41.8 Å². The van der Waals surface area contributed by atoms with Crippen LogP contribution in [0.5, 0.6) is 0 Å². The lowest BCUT2D eigenvalue weighted by Crippen LogP contribution is -2.22. The molecule has 0 aliphatic rings. The monoisotopic (exact) mass is 342 g/mol. The van der Waals surface area contributed by atoms with Gasteiger partial charge in [-0.1, -0.05) is 12.1 Å². The Labute approximate surface area is 131 Å². The SMILES string of the molecule is C[C@H](Sc1cccs1)C(=O)Nc1cccc(S(N)(=O)=O)c1. The van der Waals surface area contributed by atoms with Gasteiger partial charge in [0, 0.05) is 5.69 Å². The first-order chi connectivity index (χ1) is 9.86. The molecule has 1 amide bonds. The molecule has 1 heterocycles. The standard InChI is InChI=1S/C13H14N2O3S3/c1-9(20-12-6-3-7-19-12)13(16)15-10-4-2-5-11(8-10)21(14,17)18/h2-9H,1H3,(H,15,16)(H2,14,17,18)/t9-/m0/s1. The highest BCUT2D eigenvalue weighted by atomic mass is 32.2. The van der Waals surface area contributed by atoms with Gasteiger partial charge in [0.15, 0.2) is 0 Å². The molecule has 21 heavy (non-hydrogen) atoms. The van der Waals surface area contributed by atoms with E-state index in [-0.39, 0.29) is 16.1 Å². The smallest absolute Gasteiger partial charge is 0.238 e. The number of hydrogen-bond donors (Lipinski definition) is 2. The fourth-order valence-electron chi connectivity index (χ4n) is 1.55. The first-order valence-corrected chi connectivity index (χ1v) is 9.31. The van der Waals surface area contributed by atoms with Gasteiger partial charge in [-0.05, 0) is 36.6 Å². The summed E-state index contributed by atoms with van der Waals surface area (Å²) in [6.07, 6.45) is 0. The van der Waals surface area contributed by atoms with Gasteiger partial charge in [-0.15, -0.1) is 23.1 Å². The first-order valence-electron chi connectivity index (χ1n) is 6.00. The summed E-state index contributed by atoms with van der Waals surface area (Å²) < 4.78 is 23.6. The van der Waals surface area contributed by atoms with E-state index in [2.05, 4.69) is 5.32 Å². The number of anilines is 1. The molecule has 0 aliphatic heterocycles. The van der Waals surface area contributed by atoms with Crippen LogP contribution in [0, 0.1) is 0 Å². The minimum absolute atomic E-state index is 0.0288. The Bertz CT molecular complexity index is 727. The van der Waals surface area contributed by atoms with Crippen LogP contribution in [-0.4, -0.2) is 19.6 Å². The molecule has 5 nitrogen and oxygen atoms in total. The highest BCUT2D eigenvalue weighted by Gasteiger charge is 2.16. The van der Waals surface area contributed by atoms with Crippen molar-refractivity contribution in [3.8, 4) is 0 Å². The Morgan fingerprint density at radius 2 is 2.10 bits per heavy atom. The van der Waals surface area contributed by atoms with Crippen molar-refractivity contribution in [2.24, 2.45) is 5.14 Å². The van der Waals surface area contributed by atoms with Gasteiger partial charge in [0.05, 0.1) is 14.4 Å². The molecular formula is C13H14N2O3S3. The second-order valence-electron chi connectivity index (χ2n) is 4.25. The van der Waals surface area contributed by atoms with Crippen molar-refractivity contribution in [1.82, 2.24) is 0 Å². The van der Waals surface area contributed by atoms with Gasteiger partial charge in [0.2, 0.25) is 15.9 Å². The number of thioether (sulfide) groups is 1. The molecule has 1 aromatic heterocycles. The van der Waals surface area contributed by atoms with Crippen molar-refractivity contribution < 1.29 is 13.2 Å². The minimum atomic E-state index is -3.78. The molecule has 0 bridgehead atoms. The summed E-state index contributed by atoms with van der Waals surface area (Å²) in [6.45, 7) is 1.79. The highest BCUT2D eigenvalue weighted by molar-refractivity contribution is 8.02. The zero-order valence-corrected chi connectivity index (χ0v) is 13.6. The summed E-state index contributed by atoms with van der Waals surface area (Å²) in [7, 11) is -3.78.